The highest BCUT2D eigenvalue weighted by Crippen LogP contribution is 2.22. The highest BCUT2D eigenvalue weighted by atomic mass is 16.5. The molecule has 3 heteroatoms. The maximum absolute atomic E-state index is 5.85. The summed E-state index contributed by atoms with van der Waals surface area (Å²) >= 11 is 0. The predicted octanol–water partition coefficient (Wildman–Crippen LogP) is 4.75. The van der Waals surface area contributed by atoms with Gasteiger partial charge in [-0.05, 0) is 25.2 Å². The van der Waals surface area contributed by atoms with Gasteiger partial charge in [0.1, 0.15) is 0 Å². The third-order valence-electron chi connectivity index (χ3n) is 3.53. The van der Waals surface area contributed by atoms with Crippen molar-refractivity contribution in [1.82, 2.24) is 5.16 Å². The fraction of sp³-hybridized carbons (Fsp3) is 0.812. The Labute approximate surface area is 117 Å². The maximum Gasteiger partial charge on any atom is 0.225 e. The van der Waals surface area contributed by atoms with E-state index in [0.717, 1.165) is 24.1 Å². The number of hydrogen-bond acceptors (Lipinski definition) is 3. The SMILES string of the molecule is CCCCCCCCCc1noc(N)c1CC(C)C. The first-order valence-corrected chi connectivity index (χ1v) is 7.88. The molecule has 0 aliphatic carbocycles. The lowest BCUT2D eigenvalue weighted by Gasteiger charge is -2.05. The summed E-state index contributed by atoms with van der Waals surface area (Å²) in [6.07, 6.45) is 11.3. The third kappa shape index (κ3) is 6.13. The molecular weight excluding hydrogens is 236 g/mol. The van der Waals surface area contributed by atoms with Crippen molar-refractivity contribution in [2.24, 2.45) is 5.92 Å². The number of rotatable bonds is 10. The Hall–Kier alpha value is -0.990. The molecule has 110 valence electrons. The highest BCUT2D eigenvalue weighted by Gasteiger charge is 2.14. The van der Waals surface area contributed by atoms with Crippen molar-refractivity contribution in [3.8, 4) is 0 Å². The number of nitrogen functional groups attached to an aromatic ring is 1. The van der Waals surface area contributed by atoms with E-state index in [2.05, 4.69) is 25.9 Å². The topological polar surface area (TPSA) is 52.0 Å². The number of nitrogens with two attached hydrogens (primary N) is 1. The van der Waals surface area contributed by atoms with Gasteiger partial charge in [0.15, 0.2) is 0 Å². The Bertz CT molecular complexity index is 345. The van der Waals surface area contributed by atoms with Crippen molar-refractivity contribution in [2.45, 2.75) is 78.6 Å². The lowest BCUT2D eigenvalue weighted by Crippen LogP contribution is -2.01. The summed E-state index contributed by atoms with van der Waals surface area (Å²) in [4.78, 5) is 0. The summed E-state index contributed by atoms with van der Waals surface area (Å²) in [6, 6.07) is 0. The van der Waals surface area contributed by atoms with Gasteiger partial charge in [0.05, 0.1) is 5.69 Å². The molecule has 0 aromatic carbocycles. The van der Waals surface area contributed by atoms with Crippen molar-refractivity contribution >= 4 is 5.88 Å². The second-order valence-corrected chi connectivity index (χ2v) is 5.94. The fourth-order valence-electron chi connectivity index (χ4n) is 2.43. The minimum Gasteiger partial charge on any atom is -0.367 e. The smallest absolute Gasteiger partial charge is 0.225 e. The van der Waals surface area contributed by atoms with Gasteiger partial charge < -0.3 is 10.3 Å². The van der Waals surface area contributed by atoms with Crippen molar-refractivity contribution in [1.29, 1.82) is 0 Å². The molecule has 1 rings (SSSR count). The first-order valence-electron chi connectivity index (χ1n) is 7.88. The fourth-order valence-corrected chi connectivity index (χ4v) is 2.43. The summed E-state index contributed by atoms with van der Waals surface area (Å²) in [7, 11) is 0. The summed E-state index contributed by atoms with van der Waals surface area (Å²) in [5.74, 6) is 1.11. The third-order valence-corrected chi connectivity index (χ3v) is 3.53. The van der Waals surface area contributed by atoms with Crippen LogP contribution < -0.4 is 5.73 Å². The zero-order valence-corrected chi connectivity index (χ0v) is 12.9. The Morgan fingerprint density at radius 2 is 1.68 bits per heavy atom. The zero-order chi connectivity index (χ0) is 14.1. The molecule has 0 saturated carbocycles. The second kappa shape index (κ2) is 9.00. The van der Waals surface area contributed by atoms with Gasteiger partial charge in [-0.1, -0.05) is 64.5 Å². The summed E-state index contributed by atoms with van der Waals surface area (Å²) < 4.78 is 5.13. The molecule has 2 N–H and O–H groups in total. The quantitative estimate of drug-likeness (QED) is 0.622. The van der Waals surface area contributed by atoms with E-state index in [1.165, 1.54) is 44.9 Å². The van der Waals surface area contributed by atoms with Crippen LogP contribution in [0.2, 0.25) is 0 Å². The summed E-state index contributed by atoms with van der Waals surface area (Å²) in [6.45, 7) is 6.65. The van der Waals surface area contributed by atoms with E-state index >= 15 is 0 Å². The largest absolute Gasteiger partial charge is 0.367 e. The van der Waals surface area contributed by atoms with Crippen LogP contribution in [0.15, 0.2) is 4.52 Å². The van der Waals surface area contributed by atoms with E-state index in [0.29, 0.717) is 11.8 Å². The van der Waals surface area contributed by atoms with Gasteiger partial charge in [0.25, 0.3) is 0 Å². The Morgan fingerprint density at radius 3 is 2.32 bits per heavy atom. The number of aromatic nitrogens is 1. The number of anilines is 1. The van der Waals surface area contributed by atoms with Gasteiger partial charge in [-0.3, -0.25) is 0 Å². The van der Waals surface area contributed by atoms with Crippen LogP contribution in [0.1, 0.15) is 77.0 Å². The summed E-state index contributed by atoms with van der Waals surface area (Å²) in [5.41, 5.74) is 8.07. The van der Waals surface area contributed by atoms with Gasteiger partial charge in [-0.25, -0.2) is 0 Å². The van der Waals surface area contributed by atoms with Gasteiger partial charge in [-0.2, -0.15) is 0 Å². The van der Waals surface area contributed by atoms with E-state index in [1.807, 2.05) is 0 Å². The molecule has 0 bridgehead atoms. The van der Waals surface area contributed by atoms with E-state index in [9.17, 15) is 0 Å². The van der Waals surface area contributed by atoms with Crippen LogP contribution in [0, 0.1) is 5.92 Å². The Morgan fingerprint density at radius 1 is 1.05 bits per heavy atom. The number of unbranched alkanes of at least 4 members (excludes halogenated alkanes) is 6. The molecule has 0 radical (unpaired) electrons. The number of nitrogens with zero attached hydrogens (tertiary/aromatic N) is 1. The zero-order valence-electron chi connectivity index (χ0n) is 12.9. The molecule has 3 nitrogen and oxygen atoms in total. The van der Waals surface area contributed by atoms with Gasteiger partial charge in [-0.15, -0.1) is 0 Å². The number of aryl methyl sites for hydroxylation is 1. The maximum atomic E-state index is 5.85. The van der Waals surface area contributed by atoms with Crippen LogP contribution in [-0.2, 0) is 12.8 Å². The molecular formula is C16H30N2O. The van der Waals surface area contributed by atoms with Crippen molar-refractivity contribution < 1.29 is 4.52 Å². The molecule has 0 fully saturated rings. The molecule has 1 aromatic rings. The minimum atomic E-state index is 0.520. The molecule has 0 atom stereocenters. The normalized spacial score (nSPS) is 11.4. The lowest BCUT2D eigenvalue weighted by atomic mass is 9.99. The van der Waals surface area contributed by atoms with Gasteiger partial charge >= 0.3 is 0 Å². The molecule has 0 saturated heterocycles. The monoisotopic (exact) mass is 266 g/mol. The standard InChI is InChI=1S/C16H30N2O/c1-4-5-6-7-8-9-10-11-15-14(12-13(2)3)16(17)19-18-15/h13H,4-12,17H2,1-3H3. The van der Waals surface area contributed by atoms with Crippen molar-refractivity contribution in [3.05, 3.63) is 11.3 Å². The molecule has 19 heavy (non-hydrogen) atoms. The molecule has 0 aliphatic heterocycles. The van der Waals surface area contributed by atoms with Gasteiger partial charge in [0, 0.05) is 5.56 Å². The van der Waals surface area contributed by atoms with E-state index < -0.39 is 0 Å². The van der Waals surface area contributed by atoms with Crippen LogP contribution in [0.25, 0.3) is 0 Å². The summed E-state index contributed by atoms with van der Waals surface area (Å²) in [5, 5.41) is 4.12. The van der Waals surface area contributed by atoms with Crippen molar-refractivity contribution in [3.63, 3.8) is 0 Å². The lowest BCUT2D eigenvalue weighted by molar-refractivity contribution is 0.425. The van der Waals surface area contributed by atoms with Crippen LogP contribution in [0.3, 0.4) is 0 Å². The van der Waals surface area contributed by atoms with Crippen LogP contribution >= 0.6 is 0 Å². The molecule has 0 spiro atoms. The first kappa shape index (κ1) is 16.1. The predicted molar refractivity (Wildman–Crippen MR) is 81.2 cm³/mol. The molecule has 1 aromatic heterocycles. The second-order valence-electron chi connectivity index (χ2n) is 5.94. The van der Waals surface area contributed by atoms with E-state index in [-0.39, 0.29) is 0 Å². The van der Waals surface area contributed by atoms with E-state index in [1.54, 1.807) is 0 Å². The minimum absolute atomic E-state index is 0.520. The molecule has 0 unspecified atom stereocenters. The first-order chi connectivity index (χ1) is 9.15. The molecule has 0 aliphatic rings. The number of hydrogen-bond donors (Lipinski definition) is 1. The Kier molecular flexibility index (Phi) is 7.61. The van der Waals surface area contributed by atoms with Crippen LogP contribution in [-0.4, -0.2) is 5.16 Å². The van der Waals surface area contributed by atoms with Crippen LogP contribution in [0.4, 0.5) is 5.88 Å². The average molecular weight is 266 g/mol. The van der Waals surface area contributed by atoms with Gasteiger partial charge in [0.2, 0.25) is 5.88 Å². The average Bonchev–Trinajstić information content (AvgIpc) is 2.70. The Balaban J connectivity index is 2.25. The van der Waals surface area contributed by atoms with Crippen molar-refractivity contribution in [2.75, 3.05) is 5.73 Å². The highest BCUT2D eigenvalue weighted by molar-refractivity contribution is 5.39. The molecule has 1 heterocycles. The molecule has 0 amide bonds. The van der Waals surface area contributed by atoms with E-state index in [4.69, 9.17) is 10.3 Å². The van der Waals surface area contributed by atoms with Crippen LogP contribution in [0.5, 0.6) is 0 Å².